The second-order valence-corrected chi connectivity index (χ2v) is 3.73. The van der Waals surface area contributed by atoms with Crippen molar-refractivity contribution in [2.24, 2.45) is 0 Å². The van der Waals surface area contributed by atoms with Crippen LogP contribution >= 0.6 is 15.9 Å². The molecule has 0 unspecified atom stereocenters. The molecule has 0 radical (unpaired) electrons. The molecule has 1 aliphatic heterocycles. The lowest BCUT2D eigenvalue weighted by Crippen LogP contribution is -2.16. The Balaban J connectivity index is 2.63. The number of phenolic OH excluding ortho intramolecular Hbond substituents is 1. The molecule has 1 aliphatic rings. The fraction of sp³-hybridized carbons (Fsp3) is 0.333. The Morgan fingerprint density at radius 2 is 1.92 bits per heavy atom. The van der Waals surface area contributed by atoms with Crippen molar-refractivity contribution in [3.05, 3.63) is 16.1 Å². The summed E-state index contributed by atoms with van der Waals surface area (Å²) in [6.07, 6.45) is 0. The zero-order valence-corrected chi connectivity index (χ0v) is 8.72. The summed E-state index contributed by atoms with van der Waals surface area (Å²) in [6, 6.07) is 1.81. The van der Waals surface area contributed by atoms with Crippen LogP contribution in [0, 0.1) is 6.92 Å². The van der Waals surface area contributed by atoms with Crippen molar-refractivity contribution >= 4 is 15.9 Å². The number of rotatable bonds is 0. The normalized spacial score (nSPS) is 14.3. The third-order valence-electron chi connectivity index (χ3n) is 1.93. The SMILES string of the molecule is Cc1cc(Br)c2c(c1O)OCCO2. The summed E-state index contributed by atoms with van der Waals surface area (Å²) < 4.78 is 11.5. The fourth-order valence-electron chi connectivity index (χ4n) is 1.27. The van der Waals surface area contributed by atoms with Crippen LogP contribution in [0.4, 0.5) is 0 Å². The Hall–Kier alpha value is -0.900. The number of aryl methyl sites for hydroxylation is 1. The highest BCUT2D eigenvalue weighted by Crippen LogP contribution is 2.45. The van der Waals surface area contributed by atoms with Gasteiger partial charge in [-0.25, -0.2) is 0 Å². The highest BCUT2D eigenvalue weighted by Gasteiger charge is 2.20. The van der Waals surface area contributed by atoms with Gasteiger partial charge in [0.1, 0.15) is 13.2 Å². The van der Waals surface area contributed by atoms with Crippen LogP contribution in [0.5, 0.6) is 17.2 Å². The third-order valence-corrected chi connectivity index (χ3v) is 2.52. The summed E-state index contributed by atoms with van der Waals surface area (Å²) in [5.41, 5.74) is 0.774. The minimum atomic E-state index is 0.165. The Morgan fingerprint density at radius 1 is 1.31 bits per heavy atom. The first kappa shape index (κ1) is 8.69. The number of ether oxygens (including phenoxy) is 2. The summed E-state index contributed by atoms with van der Waals surface area (Å²) in [5.74, 6) is 1.20. The van der Waals surface area contributed by atoms with Crippen LogP contribution in [0.25, 0.3) is 0 Å². The monoisotopic (exact) mass is 244 g/mol. The number of fused-ring (bicyclic) bond motifs is 1. The van der Waals surface area contributed by atoms with Gasteiger partial charge in [0.05, 0.1) is 4.47 Å². The number of aromatic hydroxyl groups is 1. The zero-order valence-electron chi connectivity index (χ0n) is 7.13. The molecule has 0 saturated heterocycles. The molecule has 0 spiro atoms. The van der Waals surface area contributed by atoms with Crippen LogP contribution < -0.4 is 9.47 Å². The summed E-state index contributed by atoms with van der Waals surface area (Å²) in [4.78, 5) is 0. The summed E-state index contributed by atoms with van der Waals surface area (Å²) in [6.45, 7) is 2.82. The maximum absolute atomic E-state index is 9.64. The number of phenols is 1. The van der Waals surface area contributed by atoms with Gasteiger partial charge in [0.25, 0.3) is 0 Å². The molecule has 0 amide bonds. The first-order valence-corrected chi connectivity index (χ1v) is 4.77. The molecule has 1 N–H and O–H groups in total. The maximum Gasteiger partial charge on any atom is 0.204 e. The largest absolute Gasteiger partial charge is 0.504 e. The molecule has 1 aromatic rings. The summed E-state index contributed by atoms with van der Waals surface area (Å²) in [7, 11) is 0. The minimum absolute atomic E-state index is 0.165. The molecule has 1 heterocycles. The second-order valence-electron chi connectivity index (χ2n) is 2.88. The molecule has 1 aromatic carbocycles. The first-order chi connectivity index (χ1) is 6.20. The molecule has 0 aromatic heterocycles. The van der Waals surface area contributed by atoms with Crippen molar-refractivity contribution in [1.29, 1.82) is 0 Å². The molecule has 70 valence electrons. The van der Waals surface area contributed by atoms with Crippen molar-refractivity contribution in [3.8, 4) is 17.2 Å². The van der Waals surface area contributed by atoms with E-state index >= 15 is 0 Å². The Labute approximate surface area is 84.4 Å². The van der Waals surface area contributed by atoms with Crippen LogP contribution in [-0.2, 0) is 0 Å². The predicted molar refractivity (Wildman–Crippen MR) is 51.5 cm³/mol. The van der Waals surface area contributed by atoms with Crippen molar-refractivity contribution < 1.29 is 14.6 Å². The Morgan fingerprint density at radius 3 is 2.62 bits per heavy atom. The maximum atomic E-state index is 9.64. The summed E-state index contributed by atoms with van der Waals surface area (Å²) in [5, 5.41) is 9.64. The molecule has 0 aliphatic carbocycles. The third kappa shape index (κ3) is 1.35. The molecule has 2 rings (SSSR count). The number of halogens is 1. The van der Waals surface area contributed by atoms with Crippen LogP contribution in [-0.4, -0.2) is 18.3 Å². The van der Waals surface area contributed by atoms with E-state index in [4.69, 9.17) is 9.47 Å². The van der Waals surface area contributed by atoms with Gasteiger partial charge in [0, 0.05) is 0 Å². The van der Waals surface area contributed by atoms with E-state index in [-0.39, 0.29) is 5.75 Å². The van der Waals surface area contributed by atoms with Gasteiger partial charge in [-0.2, -0.15) is 0 Å². The Bertz CT molecular complexity index is 349. The molecule has 0 atom stereocenters. The lowest BCUT2D eigenvalue weighted by Gasteiger charge is -2.21. The van der Waals surface area contributed by atoms with Gasteiger partial charge in [-0.3, -0.25) is 0 Å². The average Bonchev–Trinajstić information content (AvgIpc) is 2.15. The quantitative estimate of drug-likeness (QED) is 0.761. The lowest BCUT2D eigenvalue weighted by atomic mass is 10.2. The molecule has 0 fully saturated rings. The Kier molecular flexibility index (Phi) is 2.07. The van der Waals surface area contributed by atoms with Gasteiger partial charge in [-0.1, -0.05) is 0 Å². The predicted octanol–water partition coefficient (Wildman–Crippen LogP) is 2.23. The van der Waals surface area contributed by atoms with Gasteiger partial charge in [-0.05, 0) is 34.5 Å². The number of hydrogen-bond acceptors (Lipinski definition) is 3. The lowest BCUT2D eigenvalue weighted by molar-refractivity contribution is 0.164. The second kappa shape index (κ2) is 3.10. The van der Waals surface area contributed by atoms with E-state index in [0.29, 0.717) is 24.7 Å². The average molecular weight is 245 g/mol. The van der Waals surface area contributed by atoms with E-state index in [0.717, 1.165) is 10.0 Å². The summed E-state index contributed by atoms with van der Waals surface area (Å²) >= 11 is 3.35. The topological polar surface area (TPSA) is 38.7 Å². The molecule has 3 nitrogen and oxygen atoms in total. The molecule has 4 heteroatoms. The van der Waals surface area contributed by atoms with E-state index in [9.17, 15) is 5.11 Å². The van der Waals surface area contributed by atoms with E-state index in [1.807, 2.05) is 13.0 Å². The van der Waals surface area contributed by atoms with Crippen molar-refractivity contribution in [2.75, 3.05) is 13.2 Å². The van der Waals surface area contributed by atoms with E-state index in [1.165, 1.54) is 0 Å². The number of hydrogen-bond donors (Lipinski definition) is 1. The van der Waals surface area contributed by atoms with Crippen molar-refractivity contribution in [2.45, 2.75) is 6.92 Å². The molecular formula is C9H9BrO3. The fourth-order valence-corrected chi connectivity index (χ4v) is 1.91. The molecule has 0 saturated carbocycles. The smallest absolute Gasteiger partial charge is 0.204 e. The zero-order chi connectivity index (χ0) is 9.42. The van der Waals surface area contributed by atoms with Crippen LogP contribution in [0.1, 0.15) is 5.56 Å². The van der Waals surface area contributed by atoms with Crippen molar-refractivity contribution in [3.63, 3.8) is 0 Å². The highest BCUT2D eigenvalue weighted by molar-refractivity contribution is 9.10. The van der Waals surface area contributed by atoms with Gasteiger partial charge in [0.15, 0.2) is 11.5 Å². The highest BCUT2D eigenvalue weighted by atomic mass is 79.9. The molecule has 13 heavy (non-hydrogen) atoms. The molecular weight excluding hydrogens is 236 g/mol. The van der Waals surface area contributed by atoms with Crippen LogP contribution in [0.3, 0.4) is 0 Å². The standard InChI is InChI=1S/C9H9BrO3/c1-5-4-6(10)8-9(7(5)11)13-3-2-12-8/h4,11H,2-3H2,1H3. The van der Waals surface area contributed by atoms with E-state index in [2.05, 4.69) is 15.9 Å². The van der Waals surface area contributed by atoms with E-state index < -0.39 is 0 Å². The van der Waals surface area contributed by atoms with E-state index in [1.54, 1.807) is 0 Å². The van der Waals surface area contributed by atoms with Crippen molar-refractivity contribution in [1.82, 2.24) is 0 Å². The van der Waals surface area contributed by atoms with Gasteiger partial charge >= 0.3 is 0 Å². The van der Waals surface area contributed by atoms with Crippen LogP contribution in [0.15, 0.2) is 10.5 Å². The first-order valence-electron chi connectivity index (χ1n) is 3.98. The molecule has 0 bridgehead atoms. The van der Waals surface area contributed by atoms with Gasteiger partial charge in [0.2, 0.25) is 5.75 Å². The van der Waals surface area contributed by atoms with Gasteiger partial charge < -0.3 is 14.6 Å². The van der Waals surface area contributed by atoms with Gasteiger partial charge in [-0.15, -0.1) is 0 Å². The van der Waals surface area contributed by atoms with Crippen LogP contribution in [0.2, 0.25) is 0 Å². The number of benzene rings is 1. The minimum Gasteiger partial charge on any atom is -0.504 e.